The Balaban J connectivity index is 1.50. The zero-order valence-electron chi connectivity index (χ0n) is 14.6. The van der Waals surface area contributed by atoms with E-state index < -0.39 is 0 Å². The van der Waals surface area contributed by atoms with Gasteiger partial charge in [0, 0.05) is 27.5 Å². The molecule has 0 aliphatic carbocycles. The molecular formula is C20H17BrN2O3S. The number of hydrogen-bond donors (Lipinski definition) is 1. The number of rotatable bonds is 7. The van der Waals surface area contributed by atoms with Gasteiger partial charge < -0.3 is 4.74 Å². The second-order valence-electron chi connectivity index (χ2n) is 5.85. The van der Waals surface area contributed by atoms with Gasteiger partial charge >= 0.3 is 0 Å². The quantitative estimate of drug-likeness (QED) is 0.535. The van der Waals surface area contributed by atoms with Crippen LogP contribution in [0.5, 0.6) is 5.75 Å². The molecule has 138 valence electrons. The van der Waals surface area contributed by atoms with E-state index >= 15 is 0 Å². The maximum atomic E-state index is 12.0. The van der Waals surface area contributed by atoms with Crippen molar-refractivity contribution in [3.63, 3.8) is 0 Å². The minimum Gasteiger partial charge on any atom is -0.484 e. The molecule has 0 aliphatic heterocycles. The lowest BCUT2D eigenvalue weighted by molar-refractivity contribution is -0.118. The molecule has 0 bridgehead atoms. The highest BCUT2D eigenvalue weighted by atomic mass is 79.9. The zero-order chi connectivity index (χ0) is 19.2. The number of ketones is 1. The number of nitrogens with zero attached hydrogens (tertiary/aromatic N) is 1. The molecule has 3 rings (SSSR count). The summed E-state index contributed by atoms with van der Waals surface area (Å²) in [6.07, 6.45) is 2.53. The summed E-state index contributed by atoms with van der Waals surface area (Å²) in [5.41, 5.74) is 1.78. The van der Waals surface area contributed by atoms with E-state index in [4.69, 9.17) is 4.74 Å². The van der Waals surface area contributed by atoms with E-state index in [0.717, 1.165) is 15.8 Å². The second kappa shape index (κ2) is 8.92. The van der Waals surface area contributed by atoms with Gasteiger partial charge in [-0.1, -0.05) is 28.1 Å². The Kier molecular flexibility index (Phi) is 6.36. The van der Waals surface area contributed by atoms with E-state index in [9.17, 15) is 9.59 Å². The molecule has 1 amide bonds. The van der Waals surface area contributed by atoms with Gasteiger partial charge in [0.2, 0.25) is 0 Å². The molecule has 0 fully saturated rings. The number of carbonyl (C=O) groups excluding carboxylic acids is 2. The van der Waals surface area contributed by atoms with Crippen LogP contribution in [0.4, 0.5) is 5.13 Å². The van der Waals surface area contributed by atoms with Crippen LogP contribution >= 0.6 is 27.3 Å². The first-order chi connectivity index (χ1) is 13.0. The van der Waals surface area contributed by atoms with Crippen LogP contribution < -0.4 is 10.1 Å². The summed E-state index contributed by atoms with van der Waals surface area (Å²) >= 11 is 4.86. The largest absolute Gasteiger partial charge is 0.484 e. The Bertz CT molecular complexity index is 937. The Morgan fingerprint density at radius 1 is 1.11 bits per heavy atom. The fraction of sp³-hybridized carbons (Fsp3) is 0.150. The van der Waals surface area contributed by atoms with Gasteiger partial charge in [0.25, 0.3) is 5.91 Å². The van der Waals surface area contributed by atoms with Gasteiger partial charge in [0.05, 0.1) is 0 Å². The van der Waals surface area contributed by atoms with Crippen LogP contribution in [0.25, 0.3) is 0 Å². The first-order valence-corrected chi connectivity index (χ1v) is 9.83. The van der Waals surface area contributed by atoms with Gasteiger partial charge in [-0.05, 0) is 48.9 Å². The lowest BCUT2D eigenvalue weighted by atomic mass is 10.1. The van der Waals surface area contributed by atoms with Crippen molar-refractivity contribution in [1.29, 1.82) is 0 Å². The van der Waals surface area contributed by atoms with Gasteiger partial charge in [-0.25, -0.2) is 4.98 Å². The fourth-order valence-electron chi connectivity index (χ4n) is 2.34. The van der Waals surface area contributed by atoms with E-state index in [1.165, 1.54) is 23.8 Å². The third-order valence-corrected chi connectivity index (χ3v) is 5.16. The zero-order valence-corrected chi connectivity index (χ0v) is 17.0. The minimum absolute atomic E-state index is 0.0120. The van der Waals surface area contributed by atoms with Crippen molar-refractivity contribution in [3.05, 3.63) is 75.2 Å². The van der Waals surface area contributed by atoms with Crippen molar-refractivity contribution in [3.8, 4) is 5.75 Å². The first-order valence-electron chi connectivity index (χ1n) is 8.22. The van der Waals surface area contributed by atoms with Crippen LogP contribution in [-0.2, 0) is 11.2 Å². The van der Waals surface area contributed by atoms with Crippen LogP contribution in [0.3, 0.4) is 0 Å². The number of anilines is 1. The predicted octanol–water partition coefficient (Wildman–Crippen LogP) is 4.72. The maximum absolute atomic E-state index is 12.0. The number of Topliss-reactive ketones (excluding diaryl/α,β-unsaturated/α-hetero) is 1. The Morgan fingerprint density at radius 2 is 1.81 bits per heavy atom. The molecule has 3 aromatic rings. The van der Waals surface area contributed by atoms with Crippen molar-refractivity contribution in [2.24, 2.45) is 0 Å². The van der Waals surface area contributed by atoms with E-state index in [-0.39, 0.29) is 18.3 Å². The molecule has 0 saturated heterocycles. The second-order valence-corrected chi connectivity index (χ2v) is 7.88. The lowest BCUT2D eigenvalue weighted by Crippen LogP contribution is -2.20. The molecule has 0 radical (unpaired) electrons. The molecule has 1 heterocycles. The topological polar surface area (TPSA) is 68.3 Å². The smallest absolute Gasteiger partial charge is 0.264 e. The standard InChI is InChI=1S/C20H17BrN2O3S/c1-13(24)15-4-8-17(9-5-15)26-12-19(25)23-20-22-11-18(27-20)10-14-2-6-16(21)7-3-14/h2-9,11H,10,12H2,1H3,(H,22,23,25). The highest BCUT2D eigenvalue weighted by Gasteiger charge is 2.09. The molecule has 0 atom stereocenters. The summed E-state index contributed by atoms with van der Waals surface area (Å²) in [6.45, 7) is 1.38. The molecule has 0 spiro atoms. The van der Waals surface area contributed by atoms with E-state index in [1.807, 2.05) is 24.3 Å². The van der Waals surface area contributed by atoms with E-state index in [0.29, 0.717) is 16.4 Å². The first kappa shape index (κ1) is 19.3. The van der Waals surface area contributed by atoms with Crippen molar-refractivity contribution in [1.82, 2.24) is 4.98 Å². The number of aromatic nitrogens is 1. The highest BCUT2D eigenvalue weighted by Crippen LogP contribution is 2.22. The third kappa shape index (κ3) is 5.74. The van der Waals surface area contributed by atoms with Crippen LogP contribution in [0.1, 0.15) is 27.7 Å². The summed E-state index contributed by atoms with van der Waals surface area (Å²) in [5.74, 6) is 0.238. The van der Waals surface area contributed by atoms with E-state index in [2.05, 4.69) is 26.2 Å². The van der Waals surface area contributed by atoms with Crippen LogP contribution in [0.15, 0.2) is 59.2 Å². The van der Waals surface area contributed by atoms with Crippen molar-refractivity contribution in [2.45, 2.75) is 13.3 Å². The number of carbonyl (C=O) groups is 2. The van der Waals surface area contributed by atoms with Crippen molar-refractivity contribution >= 4 is 44.1 Å². The monoisotopic (exact) mass is 444 g/mol. The number of amides is 1. The predicted molar refractivity (Wildman–Crippen MR) is 110 cm³/mol. The van der Waals surface area contributed by atoms with Crippen LogP contribution in [0.2, 0.25) is 0 Å². The Morgan fingerprint density at radius 3 is 2.48 bits per heavy atom. The van der Waals surface area contributed by atoms with Crippen molar-refractivity contribution < 1.29 is 14.3 Å². The minimum atomic E-state index is -0.282. The van der Waals surface area contributed by atoms with Gasteiger partial charge in [-0.15, -0.1) is 11.3 Å². The van der Waals surface area contributed by atoms with Gasteiger partial charge in [-0.3, -0.25) is 14.9 Å². The number of benzene rings is 2. The molecule has 7 heteroatoms. The molecule has 0 saturated carbocycles. The number of hydrogen-bond acceptors (Lipinski definition) is 5. The lowest BCUT2D eigenvalue weighted by Gasteiger charge is -2.06. The van der Waals surface area contributed by atoms with Crippen LogP contribution in [-0.4, -0.2) is 23.3 Å². The molecule has 1 aromatic heterocycles. The number of ether oxygens (including phenoxy) is 1. The maximum Gasteiger partial charge on any atom is 0.264 e. The molecular weight excluding hydrogens is 428 g/mol. The summed E-state index contributed by atoms with van der Waals surface area (Å²) < 4.78 is 6.48. The number of thiazole rings is 1. The highest BCUT2D eigenvalue weighted by molar-refractivity contribution is 9.10. The van der Waals surface area contributed by atoms with Crippen molar-refractivity contribution in [2.75, 3.05) is 11.9 Å². The molecule has 5 nitrogen and oxygen atoms in total. The summed E-state index contributed by atoms with van der Waals surface area (Å²) in [7, 11) is 0. The van der Waals surface area contributed by atoms with Crippen LogP contribution in [0, 0.1) is 0 Å². The number of nitrogens with one attached hydrogen (secondary N) is 1. The summed E-state index contributed by atoms with van der Waals surface area (Å²) in [4.78, 5) is 28.6. The molecule has 0 unspecified atom stereocenters. The SMILES string of the molecule is CC(=O)c1ccc(OCC(=O)Nc2ncc(Cc3ccc(Br)cc3)s2)cc1. The van der Waals surface area contributed by atoms with E-state index in [1.54, 1.807) is 30.5 Å². The third-order valence-electron chi connectivity index (χ3n) is 3.72. The average molecular weight is 445 g/mol. The summed E-state index contributed by atoms with van der Waals surface area (Å²) in [5, 5.41) is 3.28. The van der Waals surface area contributed by atoms with Gasteiger partial charge in [0.15, 0.2) is 17.5 Å². The average Bonchev–Trinajstić information content (AvgIpc) is 3.09. The normalized spacial score (nSPS) is 10.4. The van der Waals surface area contributed by atoms with Gasteiger partial charge in [0.1, 0.15) is 5.75 Å². The summed E-state index contributed by atoms with van der Waals surface area (Å²) in [6, 6.07) is 14.8. The molecule has 27 heavy (non-hydrogen) atoms. The van der Waals surface area contributed by atoms with Gasteiger partial charge in [-0.2, -0.15) is 0 Å². The molecule has 1 N–H and O–H groups in total. The molecule has 2 aromatic carbocycles. The fourth-order valence-corrected chi connectivity index (χ4v) is 3.47. The Labute approximate surface area is 169 Å². The number of halogens is 1. The molecule has 0 aliphatic rings. The Hall–Kier alpha value is -2.51.